The fourth-order valence-electron chi connectivity index (χ4n) is 1.20. The normalized spacial score (nSPS) is 11.0. The predicted molar refractivity (Wildman–Crippen MR) is 55.5 cm³/mol. The average molecular weight is 170 g/mol. The third-order valence-corrected chi connectivity index (χ3v) is 2.02. The van der Waals surface area contributed by atoms with Gasteiger partial charge in [0.15, 0.2) is 0 Å². The van der Waals surface area contributed by atoms with Gasteiger partial charge < -0.3 is 0 Å². The third kappa shape index (κ3) is 9.96. The maximum Gasteiger partial charge on any atom is 0.0133 e. The number of hydrogen-bond acceptors (Lipinski definition) is 0. The lowest BCUT2D eigenvalue weighted by atomic mass is 10.1. The summed E-state index contributed by atoms with van der Waals surface area (Å²) >= 11 is 0. The van der Waals surface area contributed by atoms with Gasteiger partial charge in [0.05, 0.1) is 0 Å². The molecule has 0 unspecified atom stereocenters. The van der Waals surface area contributed by atoms with Crippen LogP contribution in [-0.4, -0.2) is 13.1 Å². The first kappa shape index (κ1) is 12.0. The Hall–Kier alpha value is -0.0400. The molecular formula is C11H24N. The third-order valence-electron chi connectivity index (χ3n) is 2.02. The summed E-state index contributed by atoms with van der Waals surface area (Å²) in [5.74, 6) is 0.843. The molecule has 0 saturated heterocycles. The second kappa shape index (κ2) is 9.05. The Balaban J connectivity index is 2.82. The molecule has 0 aliphatic heterocycles. The number of unbranched alkanes of at least 4 members (excludes halogenated alkanes) is 2. The first-order chi connectivity index (χ1) is 5.77. The van der Waals surface area contributed by atoms with E-state index in [4.69, 9.17) is 0 Å². The molecule has 73 valence electrons. The molecule has 0 atom stereocenters. The summed E-state index contributed by atoms with van der Waals surface area (Å²) in [5, 5.41) is 4.48. The van der Waals surface area contributed by atoms with Gasteiger partial charge in [-0.1, -0.05) is 33.6 Å². The van der Waals surface area contributed by atoms with Crippen LogP contribution in [0.1, 0.15) is 52.9 Å². The second-order valence-corrected chi connectivity index (χ2v) is 3.91. The Labute approximate surface area is 77.9 Å². The summed E-state index contributed by atoms with van der Waals surface area (Å²) in [5.41, 5.74) is 0. The molecule has 0 spiro atoms. The van der Waals surface area contributed by atoms with E-state index in [1.807, 2.05) is 0 Å². The van der Waals surface area contributed by atoms with Crippen molar-refractivity contribution in [2.45, 2.75) is 52.9 Å². The largest absolute Gasteiger partial charge is 0.242 e. The Morgan fingerprint density at radius 2 is 1.67 bits per heavy atom. The lowest BCUT2D eigenvalue weighted by Gasteiger charge is -2.04. The Kier molecular flexibility index (Phi) is 9.02. The van der Waals surface area contributed by atoms with Gasteiger partial charge in [0.25, 0.3) is 0 Å². The summed E-state index contributed by atoms with van der Waals surface area (Å²) in [6.07, 6.45) is 6.55. The molecule has 12 heavy (non-hydrogen) atoms. The minimum absolute atomic E-state index is 0.843. The Bertz CT molecular complexity index is 79.1. The van der Waals surface area contributed by atoms with Gasteiger partial charge in [0.2, 0.25) is 0 Å². The van der Waals surface area contributed by atoms with Gasteiger partial charge in [-0.3, -0.25) is 0 Å². The molecule has 0 heterocycles. The van der Waals surface area contributed by atoms with E-state index < -0.39 is 0 Å². The van der Waals surface area contributed by atoms with Gasteiger partial charge in [-0.15, -0.1) is 0 Å². The van der Waals surface area contributed by atoms with Crippen LogP contribution in [0.5, 0.6) is 0 Å². The van der Waals surface area contributed by atoms with Crippen LogP contribution in [0.4, 0.5) is 0 Å². The van der Waals surface area contributed by atoms with Crippen molar-refractivity contribution in [1.82, 2.24) is 5.32 Å². The standard InChI is InChI=1S/C11H24N/c1-4-5-6-9-12-10-7-8-11(2)3/h11H,4-10H2,1-3H3. The zero-order valence-corrected chi connectivity index (χ0v) is 8.97. The SMILES string of the molecule is CCCCC[N]CCCC(C)C. The smallest absolute Gasteiger partial charge is 0.0133 e. The minimum atomic E-state index is 0.843. The molecule has 0 aliphatic carbocycles. The van der Waals surface area contributed by atoms with Gasteiger partial charge in [-0.05, 0) is 25.2 Å². The summed E-state index contributed by atoms with van der Waals surface area (Å²) in [6, 6.07) is 0. The van der Waals surface area contributed by atoms with Crippen molar-refractivity contribution in [2.24, 2.45) is 5.92 Å². The van der Waals surface area contributed by atoms with Crippen LogP contribution in [0.3, 0.4) is 0 Å². The van der Waals surface area contributed by atoms with Crippen molar-refractivity contribution in [2.75, 3.05) is 13.1 Å². The molecule has 0 rings (SSSR count). The highest BCUT2D eigenvalue weighted by molar-refractivity contribution is 4.50. The molecule has 0 aromatic rings. The van der Waals surface area contributed by atoms with Crippen LogP contribution in [0.2, 0.25) is 0 Å². The summed E-state index contributed by atoms with van der Waals surface area (Å²) < 4.78 is 0. The van der Waals surface area contributed by atoms with Crippen molar-refractivity contribution in [3.8, 4) is 0 Å². The average Bonchev–Trinajstić information content (AvgIpc) is 2.02. The number of rotatable bonds is 8. The van der Waals surface area contributed by atoms with E-state index in [1.54, 1.807) is 0 Å². The highest BCUT2D eigenvalue weighted by Crippen LogP contribution is 2.02. The van der Waals surface area contributed by atoms with Crippen LogP contribution in [0.25, 0.3) is 0 Å². The van der Waals surface area contributed by atoms with E-state index in [-0.39, 0.29) is 0 Å². The van der Waals surface area contributed by atoms with E-state index in [1.165, 1.54) is 32.1 Å². The van der Waals surface area contributed by atoms with Gasteiger partial charge >= 0.3 is 0 Å². The molecule has 1 heteroatoms. The highest BCUT2D eigenvalue weighted by atomic mass is 14.8. The fourth-order valence-corrected chi connectivity index (χ4v) is 1.20. The molecule has 0 aromatic carbocycles. The summed E-state index contributed by atoms with van der Waals surface area (Å²) in [7, 11) is 0. The molecule has 1 radical (unpaired) electrons. The van der Waals surface area contributed by atoms with Crippen LogP contribution < -0.4 is 5.32 Å². The maximum absolute atomic E-state index is 4.48. The number of nitrogens with zero attached hydrogens (tertiary/aromatic N) is 1. The molecule has 0 aliphatic rings. The first-order valence-corrected chi connectivity index (χ1v) is 5.40. The predicted octanol–water partition coefficient (Wildman–Crippen LogP) is 3.22. The van der Waals surface area contributed by atoms with Gasteiger partial charge in [0, 0.05) is 13.1 Å². The van der Waals surface area contributed by atoms with Crippen molar-refractivity contribution in [1.29, 1.82) is 0 Å². The lowest BCUT2D eigenvalue weighted by Crippen LogP contribution is -2.09. The molecule has 0 amide bonds. The van der Waals surface area contributed by atoms with Crippen molar-refractivity contribution in [3.05, 3.63) is 0 Å². The van der Waals surface area contributed by atoms with E-state index >= 15 is 0 Å². The van der Waals surface area contributed by atoms with E-state index in [9.17, 15) is 0 Å². The number of hydrogen-bond donors (Lipinski definition) is 0. The molecule has 0 bridgehead atoms. The van der Waals surface area contributed by atoms with Crippen LogP contribution in [-0.2, 0) is 0 Å². The molecule has 0 fully saturated rings. The van der Waals surface area contributed by atoms with E-state index in [0.717, 1.165) is 19.0 Å². The van der Waals surface area contributed by atoms with Gasteiger partial charge in [0.1, 0.15) is 0 Å². The second-order valence-electron chi connectivity index (χ2n) is 3.91. The first-order valence-electron chi connectivity index (χ1n) is 5.40. The van der Waals surface area contributed by atoms with Gasteiger partial charge in [-0.2, -0.15) is 0 Å². The van der Waals surface area contributed by atoms with Gasteiger partial charge in [-0.25, -0.2) is 5.32 Å². The summed E-state index contributed by atoms with van der Waals surface area (Å²) in [6.45, 7) is 8.96. The van der Waals surface area contributed by atoms with Crippen LogP contribution >= 0.6 is 0 Å². The maximum atomic E-state index is 4.48. The topological polar surface area (TPSA) is 14.1 Å². The minimum Gasteiger partial charge on any atom is -0.242 e. The molecule has 0 saturated carbocycles. The van der Waals surface area contributed by atoms with E-state index in [0.29, 0.717) is 0 Å². The fraction of sp³-hybridized carbons (Fsp3) is 1.00. The molecule has 0 aromatic heterocycles. The van der Waals surface area contributed by atoms with Crippen LogP contribution in [0.15, 0.2) is 0 Å². The summed E-state index contributed by atoms with van der Waals surface area (Å²) in [4.78, 5) is 0. The van der Waals surface area contributed by atoms with E-state index in [2.05, 4.69) is 26.1 Å². The lowest BCUT2D eigenvalue weighted by molar-refractivity contribution is 0.515. The van der Waals surface area contributed by atoms with Crippen LogP contribution in [0, 0.1) is 5.92 Å². The zero-order chi connectivity index (χ0) is 9.23. The molecular weight excluding hydrogens is 146 g/mol. The Morgan fingerprint density at radius 3 is 2.25 bits per heavy atom. The quantitative estimate of drug-likeness (QED) is 0.497. The molecule has 0 N–H and O–H groups in total. The van der Waals surface area contributed by atoms with Crippen molar-refractivity contribution < 1.29 is 0 Å². The van der Waals surface area contributed by atoms with Crippen molar-refractivity contribution >= 4 is 0 Å². The Morgan fingerprint density at radius 1 is 1.00 bits per heavy atom. The monoisotopic (exact) mass is 170 g/mol. The molecule has 1 nitrogen and oxygen atoms in total. The van der Waals surface area contributed by atoms with Crippen molar-refractivity contribution in [3.63, 3.8) is 0 Å². The highest BCUT2D eigenvalue weighted by Gasteiger charge is 1.93. The zero-order valence-electron chi connectivity index (χ0n) is 8.97.